The molecule has 3 aromatic rings. The van der Waals surface area contributed by atoms with Crippen molar-refractivity contribution in [2.24, 2.45) is 0 Å². The van der Waals surface area contributed by atoms with Gasteiger partial charge in [0.1, 0.15) is 7.05 Å². The molecular formula is C37H39ClN2O4. The molecule has 2 heterocycles. The van der Waals surface area contributed by atoms with Crippen LogP contribution in [0.5, 0.6) is 0 Å². The molecule has 0 saturated carbocycles. The maximum Gasteiger partial charge on any atom is 0.209 e. The lowest BCUT2D eigenvalue weighted by Gasteiger charge is -2.24. The van der Waals surface area contributed by atoms with Crippen molar-refractivity contribution < 1.29 is 33.5 Å². The average molecular weight is 611 g/mol. The van der Waals surface area contributed by atoms with Crippen molar-refractivity contribution in [2.45, 2.75) is 51.4 Å². The first-order chi connectivity index (χ1) is 20.7. The largest absolute Gasteiger partial charge is 0.347 e. The van der Waals surface area contributed by atoms with Gasteiger partial charge in [-0.3, -0.25) is 0 Å². The molecule has 228 valence electrons. The van der Waals surface area contributed by atoms with Gasteiger partial charge in [0.2, 0.25) is 5.69 Å². The summed E-state index contributed by atoms with van der Waals surface area (Å²) in [5.74, 6) is 0. The van der Waals surface area contributed by atoms with Gasteiger partial charge in [-0.1, -0.05) is 92.7 Å². The number of anilines is 1. The molecule has 2 aliphatic heterocycles. The van der Waals surface area contributed by atoms with Gasteiger partial charge >= 0.3 is 0 Å². The number of benzene rings is 3. The Morgan fingerprint density at radius 1 is 0.727 bits per heavy atom. The molecule has 1 aliphatic carbocycles. The fraction of sp³-hybridized carbons (Fsp3) is 0.270. The van der Waals surface area contributed by atoms with Crippen LogP contribution in [0.4, 0.5) is 11.4 Å². The molecule has 7 heteroatoms. The second-order valence-corrected chi connectivity index (χ2v) is 13.3. The zero-order valence-electron chi connectivity index (χ0n) is 26.1. The summed E-state index contributed by atoms with van der Waals surface area (Å²) >= 11 is 0. The summed E-state index contributed by atoms with van der Waals surface area (Å²) in [7, 11) is -0.548. The molecule has 0 amide bonds. The molecule has 44 heavy (non-hydrogen) atoms. The van der Waals surface area contributed by atoms with Crippen LogP contribution in [0.15, 0.2) is 120 Å². The van der Waals surface area contributed by atoms with Crippen molar-refractivity contribution in [3.05, 3.63) is 137 Å². The van der Waals surface area contributed by atoms with Gasteiger partial charge in [0, 0.05) is 41.6 Å². The highest BCUT2D eigenvalue weighted by molar-refractivity contribution is 6.03. The maximum atomic E-state index is 8.49. The number of allylic oxidation sites excluding steroid dienone is 8. The Morgan fingerprint density at radius 2 is 1.32 bits per heavy atom. The Bertz CT molecular complexity index is 1720. The van der Waals surface area contributed by atoms with Crippen molar-refractivity contribution in [3.63, 3.8) is 0 Å². The third-order valence-corrected chi connectivity index (χ3v) is 9.13. The Morgan fingerprint density at radius 3 is 1.95 bits per heavy atom. The topological polar surface area (TPSA) is 98.5 Å². The first kappa shape index (κ1) is 31.6. The van der Waals surface area contributed by atoms with Gasteiger partial charge in [0.15, 0.2) is 5.71 Å². The normalized spacial score (nSPS) is 20.5. The van der Waals surface area contributed by atoms with E-state index in [4.69, 9.17) is 18.6 Å². The minimum absolute atomic E-state index is 0.0232. The van der Waals surface area contributed by atoms with Crippen LogP contribution < -0.4 is 23.5 Å². The minimum atomic E-state index is -4.94. The number of rotatable bonds is 4. The van der Waals surface area contributed by atoms with Gasteiger partial charge in [-0.25, -0.2) is 18.6 Å². The summed E-state index contributed by atoms with van der Waals surface area (Å²) in [4.78, 5) is 2.36. The molecule has 3 aromatic carbocycles. The van der Waals surface area contributed by atoms with E-state index in [0.717, 1.165) is 12.8 Å². The molecule has 0 radical (unpaired) electrons. The number of likely N-dealkylation sites (N-methyl/N-ethyl adjacent to an activating group) is 1. The van der Waals surface area contributed by atoms with Gasteiger partial charge in [0.25, 0.3) is 0 Å². The van der Waals surface area contributed by atoms with Crippen molar-refractivity contribution in [3.8, 4) is 0 Å². The number of hydrogen-bond acceptors (Lipinski definition) is 5. The van der Waals surface area contributed by atoms with Gasteiger partial charge in [-0.05, 0) is 66.7 Å². The van der Waals surface area contributed by atoms with Gasteiger partial charge in [-0.15, -0.1) is 10.2 Å². The Labute approximate surface area is 262 Å². The van der Waals surface area contributed by atoms with Gasteiger partial charge < -0.3 is 4.90 Å². The molecular weight excluding hydrogens is 572 g/mol. The SMILES string of the molecule is CN1C(=CC=C2CCC(C=CC3=[N+](C)c4ccccc4C3(C)C)=C2c2ccccc2)C(C)(C)c2ccccc21.[O-][Cl+3]([O-])([O-])[O-]. The molecule has 0 aromatic heterocycles. The fourth-order valence-electron chi connectivity index (χ4n) is 7.00. The van der Waals surface area contributed by atoms with E-state index in [0.29, 0.717) is 0 Å². The molecule has 0 bridgehead atoms. The standard InChI is InChI=1S/C37H39N2.ClHO4/c1-36(2)29-16-10-12-18-31(29)38(5)33(36)24-22-27-20-21-28(35(27)26-14-8-7-9-15-26)23-25-34-37(3,4)30-17-11-13-19-32(30)39(34)6;2-1(3,4)5/h7-19,22-25H,20-21H2,1-6H3;(H,2,3,4,5)/q+1;/p-1. The highest BCUT2D eigenvalue weighted by Crippen LogP contribution is 2.47. The van der Waals surface area contributed by atoms with E-state index in [1.165, 1.54) is 56.2 Å². The molecule has 0 saturated heterocycles. The molecule has 0 atom stereocenters. The summed E-state index contributed by atoms with van der Waals surface area (Å²) in [5, 5.41) is 0. The summed E-state index contributed by atoms with van der Waals surface area (Å²) in [6.07, 6.45) is 11.6. The smallest absolute Gasteiger partial charge is 0.209 e. The zero-order valence-corrected chi connectivity index (χ0v) is 26.9. The molecule has 0 unspecified atom stereocenters. The van der Waals surface area contributed by atoms with Crippen molar-refractivity contribution in [1.82, 2.24) is 0 Å². The number of nitrogens with zero attached hydrogens (tertiary/aromatic N) is 2. The molecule has 3 aliphatic rings. The first-order valence-electron chi connectivity index (χ1n) is 14.7. The van der Waals surface area contributed by atoms with Gasteiger partial charge in [-0.2, -0.15) is 4.58 Å². The zero-order chi connectivity index (χ0) is 31.9. The van der Waals surface area contributed by atoms with E-state index in [1.54, 1.807) is 0 Å². The van der Waals surface area contributed by atoms with Crippen LogP contribution in [0, 0.1) is 10.2 Å². The summed E-state index contributed by atoms with van der Waals surface area (Å²) in [5.41, 5.74) is 13.6. The lowest BCUT2D eigenvalue weighted by Crippen LogP contribution is -2.68. The Hall–Kier alpha value is -3.78. The minimum Gasteiger partial charge on any atom is -0.347 e. The van der Waals surface area contributed by atoms with Crippen LogP contribution in [0.2, 0.25) is 0 Å². The van der Waals surface area contributed by atoms with Crippen LogP contribution in [0.3, 0.4) is 0 Å². The predicted octanol–water partition coefficient (Wildman–Crippen LogP) is 3.98. The third kappa shape index (κ3) is 6.09. The van der Waals surface area contributed by atoms with Crippen LogP contribution in [-0.4, -0.2) is 24.4 Å². The molecule has 6 nitrogen and oxygen atoms in total. The lowest BCUT2D eigenvalue weighted by molar-refractivity contribution is -2.00. The molecule has 6 rings (SSSR count). The quantitative estimate of drug-likeness (QED) is 0.416. The van der Waals surface area contributed by atoms with Crippen molar-refractivity contribution >= 4 is 22.7 Å². The monoisotopic (exact) mass is 610 g/mol. The third-order valence-electron chi connectivity index (χ3n) is 9.13. The first-order valence-corrected chi connectivity index (χ1v) is 16.0. The van der Waals surface area contributed by atoms with Crippen LogP contribution >= 0.6 is 0 Å². The maximum absolute atomic E-state index is 8.49. The number of para-hydroxylation sites is 2. The molecule has 0 N–H and O–H groups in total. The second kappa shape index (κ2) is 12.0. The number of hydrogen-bond donors (Lipinski definition) is 0. The van der Waals surface area contributed by atoms with Crippen LogP contribution in [0.1, 0.15) is 57.2 Å². The van der Waals surface area contributed by atoms with Crippen LogP contribution in [-0.2, 0) is 10.8 Å². The highest BCUT2D eigenvalue weighted by Gasteiger charge is 2.42. The predicted molar refractivity (Wildman–Crippen MR) is 166 cm³/mol. The summed E-state index contributed by atoms with van der Waals surface area (Å²) in [6, 6.07) is 28.5. The van der Waals surface area contributed by atoms with Crippen LogP contribution in [0.25, 0.3) is 5.57 Å². The number of fused-ring (bicyclic) bond motifs is 2. The van der Waals surface area contributed by atoms with Gasteiger partial charge in [0.05, 0.1) is 5.41 Å². The second-order valence-electron chi connectivity index (χ2n) is 12.5. The molecule has 0 spiro atoms. The Kier molecular flexibility index (Phi) is 8.60. The summed E-state index contributed by atoms with van der Waals surface area (Å²) < 4.78 is 36.3. The van der Waals surface area contributed by atoms with E-state index in [-0.39, 0.29) is 10.8 Å². The van der Waals surface area contributed by atoms with Crippen molar-refractivity contribution in [2.75, 3.05) is 19.0 Å². The van der Waals surface area contributed by atoms with E-state index < -0.39 is 10.2 Å². The van der Waals surface area contributed by atoms with E-state index in [9.17, 15) is 0 Å². The number of halogens is 1. The lowest BCUT2D eigenvalue weighted by atomic mass is 9.81. The fourth-order valence-corrected chi connectivity index (χ4v) is 7.00. The van der Waals surface area contributed by atoms with E-state index in [1.807, 2.05) is 0 Å². The van der Waals surface area contributed by atoms with E-state index in [2.05, 4.69) is 154 Å². The highest BCUT2D eigenvalue weighted by atomic mass is 35.7. The Balaban J connectivity index is 0.000000712. The van der Waals surface area contributed by atoms with Crippen molar-refractivity contribution in [1.29, 1.82) is 0 Å². The molecule has 0 fully saturated rings. The summed E-state index contributed by atoms with van der Waals surface area (Å²) in [6.45, 7) is 9.36. The average Bonchev–Trinajstić information content (AvgIpc) is 3.53. The van der Waals surface area contributed by atoms with E-state index >= 15 is 0 Å².